The standard InChI is InChI=1S/C17H27N3O/c1-12(2)18-17(21)14-5-7-15(8-6-14)19-16-9-10-20(11-16)13(3)4/h5-8,12-13,16,19H,9-11H2,1-4H3,(H,18,21). The van der Waals surface area contributed by atoms with E-state index in [9.17, 15) is 4.79 Å². The molecule has 21 heavy (non-hydrogen) atoms. The van der Waals surface area contributed by atoms with Crippen LogP contribution in [0.4, 0.5) is 5.69 Å². The van der Waals surface area contributed by atoms with Crippen LogP contribution in [-0.4, -0.2) is 42.0 Å². The lowest BCUT2D eigenvalue weighted by molar-refractivity contribution is 0.0943. The van der Waals surface area contributed by atoms with E-state index in [0.717, 1.165) is 18.8 Å². The Morgan fingerprint density at radius 3 is 2.38 bits per heavy atom. The van der Waals surface area contributed by atoms with Gasteiger partial charge >= 0.3 is 0 Å². The van der Waals surface area contributed by atoms with Gasteiger partial charge in [-0.2, -0.15) is 0 Å². The smallest absolute Gasteiger partial charge is 0.251 e. The number of nitrogens with one attached hydrogen (secondary N) is 2. The third-order valence-electron chi connectivity index (χ3n) is 3.89. The molecule has 0 radical (unpaired) electrons. The fourth-order valence-corrected chi connectivity index (χ4v) is 2.67. The minimum absolute atomic E-state index is 0.0107. The number of anilines is 1. The lowest BCUT2D eigenvalue weighted by atomic mass is 10.1. The summed E-state index contributed by atoms with van der Waals surface area (Å²) in [7, 11) is 0. The Bertz CT molecular complexity index is 467. The molecular formula is C17H27N3O. The van der Waals surface area contributed by atoms with Gasteiger partial charge in [0.1, 0.15) is 0 Å². The van der Waals surface area contributed by atoms with Gasteiger partial charge in [0, 0.05) is 42.5 Å². The van der Waals surface area contributed by atoms with Gasteiger partial charge in [0.2, 0.25) is 0 Å². The lowest BCUT2D eigenvalue weighted by Crippen LogP contribution is -2.31. The SMILES string of the molecule is CC(C)NC(=O)c1ccc(NC2CCN(C(C)C)C2)cc1. The second-order valence-corrected chi connectivity index (χ2v) is 6.42. The second-order valence-electron chi connectivity index (χ2n) is 6.42. The predicted molar refractivity (Wildman–Crippen MR) is 87.8 cm³/mol. The van der Waals surface area contributed by atoms with Crippen molar-refractivity contribution in [3.63, 3.8) is 0 Å². The van der Waals surface area contributed by atoms with Crippen molar-refractivity contribution in [3.05, 3.63) is 29.8 Å². The van der Waals surface area contributed by atoms with Crippen molar-refractivity contribution in [2.45, 2.75) is 52.2 Å². The summed E-state index contributed by atoms with van der Waals surface area (Å²) >= 11 is 0. The van der Waals surface area contributed by atoms with Crippen molar-refractivity contribution in [2.24, 2.45) is 0 Å². The lowest BCUT2D eigenvalue weighted by Gasteiger charge is -2.21. The molecule has 1 aliphatic rings. The molecule has 0 bridgehead atoms. The first-order valence-electron chi connectivity index (χ1n) is 7.87. The van der Waals surface area contributed by atoms with Crippen LogP contribution in [0, 0.1) is 0 Å². The zero-order valence-electron chi connectivity index (χ0n) is 13.5. The van der Waals surface area contributed by atoms with Crippen LogP contribution in [-0.2, 0) is 0 Å². The number of amides is 1. The molecule has 0 spiro atoms. The molecular weight excluding hydrogens is 262 g/mol. The van der Waals surface area contributed by atoms with Gasteiger partial charge in [-0.15, -0.1) is 0 Å². The minimum atomic E-state index is -0.0107. The van der Waals surface area contributed by atoms with E-state index in [0.29, 0.717) is 17.6 Å². The summed E-state index contributed by atoms with van der Waals surface area (Å²) in [5, 5.41) is 6.46. The molecule has 1 aliphatic heterocycles. The van der Waals surface area contributed by atoms with Gasteiger partial charge in [-0.05, 0) is 58.4 Å². The van der Waals surface area contributed by atoms with E-state index < -0.39 is 0 Å². The van der Waals surface area contributed by atoms with Gasteiger partial charge in [0.05, 0.1) is 0 Å². The van der Waals surface area contributed by atoms with Crippen LogP contribution in [0.2, 0.25) is 0 Å². The van der Waals surface area contributed by atoms with Crippen molar-refractivity contribution in [1.29, 1.82) is 0 Å². The number of rotatable bonds is 5. The number of carbonyl (C=O) groups is 1. The van der Waals surface area contributed by atoms with E-state index in [1.807, 2.05) is 38.1 Å². The maximum atomic E-state index is 11.9. The van der Waals surface area contributed by atoms with Crippen molar-refractivity contribution >= 4 is 11.6 Å². The zero-order valence-corrected chi connectivity index (χ0v) is 13.5. The van der Waals surface area contributed by atoms with Gasteiger partial charge < -0.3 is 10.6 Å². The first kappa shape index (κ1) is 15.8. The molecule has 4 heteroatoms. The normalized spacial score (nSPS) is 19.2. The maximum Gasteiger partial charge on any atom is 0.251 e. The highest BCUT2D eigenvalue weighted by Gasteiger charge is 2.23. The molecule has 4 nitrogen and oxygen atoms in total. The average molecular weight is 289 g/mol. The third-order valence-corrected chi connectivity index (χ3v) is 3.89. The summed E-state index contributed by atoms with van der Waals surface area (Å²) in [6, 6.07) is 9.03. The third kappa shape index (κ3) is 4.46. The summed E-state index contributed by atoms with van der Waals surface area (Å²) in [6.45, 7) is 10.7. The molecule has 1 aromatic rings. The molecule has 1 amide bonds. The van der Waals surface area contributed by atoms with E-state index in [1.54, 1.807) is 0 Å². The van der Waals surface area contributed by atoms with Gasteiger partial charge in [0.15, 0.2) is 0 Å². The summed E-state index contributed by atoms with van der Waals surface area (Å²) in [6.07, 6.45) is 1.17. The minimum Gasteiger partial charge on any atom is -0.381 e. The molecule has 1 fully saturated rings. The molecule has 1 aromatic carbocycles. The molecule has 116 valence electrons. The topological polar surface area (TPSA) is 44.4 Å². The van der Waals surface area contributed by atoms with Crippen LogP contribution in [0.15, 0.2) is 24.3 Å². The molecule has 0 aliphatic carbocycles. The van der Waals surface area contributed by atoms with Crippen LogP contribution < -0.4 is 10.6 Å². The molecule has 1 saturated heterocycles. The van der Waals surface area contributed by atoms with Crippen molar-refractivity contribution < 1.29 is 4.79 Å². The second kappa shape index (κ2) is 6.94. The molecule has 1 heterocycles. The van der Waals surface area contributed by atoms with E-state index in [1.165, 1.54) is 6.42 Å². The number of nitrogens with zero attached hydrogens (tertiary/aromatic N) is 1. The van der Waals surface area contributed by atoms with Crippen molar-refractivity contribution in [2.75, 3.05) is 18.4 Å². The van der Waals surface area contributed by atoms with Crippen molar-refractivity contribution in [3.8, 4) is 0 Å². The summed E-state index contributed by atoms with van der Waals surface area (Å²) in [5.74, 6) is -0.0107. The highest BCUT2D eigenvalue weighted by atomic mass is 16.1. The average Bonchev–Trinajstić information content (AvgIpc) is 2.87. The van der Waals surface area contributed by atoms with E-state index in [4.69, 9.17) is 0 Å². The van der Waals surface area contributed by atoms with Gasteiger partial charge in [0.25, 0.3) is 5.91 Å². The zero-order chi connectivity index (χ0) is 15.4. The van der Waals surface area contributed by atoms with Crippen LogP contribution in [0.1, 0.15) is 44.5 Å². The van der Waals surface area contributed by atoms with Crippen molar-refractivity contribution in [1.82, 2.24) is 10.2 Å². The number of hydrogen-bond donors (Lipinski definition) is 2. The van der Waals surface area contributed by atoms with E-state index in [2.05, 4.69) is 29.4 Å². The molecule has 1 atom stereocenters. The first-order chi connectivity index (χ1) is 9.95. The summed E-state index contributed by atoms with van der Waals surface area (Å²) < 4.78 is 0. The van der Waals surface area contributed by atoms with Crippen LogP contribution in [0.25, 0.3) is 0 Å². The quantitative estimate of drug-likeness (QED) is 0.876. The van der Waals surface area contributed by atoms with E-state index in [-0.39, 0.29) is 11.9 Å². The highest BCUT2D eigenvalue weighted by molar-refractivity contribution is 5.94. The van der Waals surface area contributed by atoms with Gasteiger partial charge in [-0.1, -0.05) is 0 Å². The Balaban J connectivity index is 1.90. The Hall–Kier alpha value is -1.55. The molecule has 1 unspecified atom stereocenters. The Kier molecular flexibility index (Phi) is 5.23. The monoisotopic (exact) mass is 289 g/mol. The number of carbonyl (C=O) groups excluding carboxylic acids is 1. The summed E-state index contributed by atoms with van der Waals surface area (Å²) in [4.78, 5) is 14.4. The highest BCUT2D eigenvalue weighted by Crippen LogP contribution is 2.18. The van der Waals surface area contributed by atoms with E-state index >= 15 is 0 Å². The Morgan fingerprint density at radius 2 is 1.86 bits per heavy atom. The van der Waals surface area contributed by atoms with Gasteiger partial charge in [-0.3, -0.25) is 9.69 Å². The number of hydrogen-bond acceptors (Lipinski definition) is 3. The fraction of sp³-hybridized carbons (Fsp3) is 0.588. The molecule has 2 rings (SSSR count). The maximum absolute atomic E-state index is 11.9. The van der Waals surface area contributed by atoms with Crippen LogP contribution in [0.3, 0.4) is 0 Å². The van der Waals surface area contributed by atoms with Gasteiger partial charge in [-0.25, -0.2) is 0 Å². The van der Waals surface area contributed by atoms with Crippen LogP contribution >= 0.6 is 0 Å². The molecule has 0 saturated carbocycles. The van der Waals surface area contributed by atoms with Crippen LogP contribution in [0.5, 0.6) is 0 Å². The first-order valence-corrected chi connectivity index (χ1v) is 7.87. The molecule has 2 N–H and O–H groups in total. The number of benzene rings is 1. The fourth-order valence-electron chi connectivity index (χ4n) is 2.67. The Morgan fingerprint density at radius 1 is 1.19 bits per heavy atom. The predicted octanol–water partition coefficient (Wildman–Crippen LogP) is 2.72. The summed E-state index contributed by atoms with van der Waals surface area (Å²) in [5.41, 5.74) is 1.80. The number of likely N-dealkylation sites (tertiary alicyclic amines) is 1. The molecule has 0 aromatic heterocycles. The Labute approximate surface area is 127 Å². The largest absolute Gasteiger partial charge is 0.381 e.